The summed E-state index contributed by atoms with van der Waals surface area (Å²) in [5, 5.41) is 18.5. The Morgan fingerprint density at radius 1 is 1.17 bits per heavy atom. The molecule has 1 aromatic carbocycles. The summed E-state index contributed by atoms with van der Waals surface area (Å²) in [7, 11) is 0. The number of aromatic nitrogens is 3. The molecule has 29 heavy (non-hydrogen) atoms. The Kier molecular flexibility index (Phi) is 5.19. The molecular weight excluding hydrogens is 372 g/mol. The second-order valence-electron chi connectivity index (χ2n) is 6.77. The number of pyridine rings is 1. The number of rotatable bonds is 6. The van der Waals surface area contributed by atoms with Crippen LogP contribution >= 0.6 is 0 Å². The first kappa shape index (κ1) is 18.6. The highest BCUT2D eigenvalue weighted by Gasteiger charge is 2.24. The van der Waals surface area contributed by atoms with Crippen LogP contribution in [0.5, 0.6) is 0 Å². The highest BCUT2D eigenvalue weighted by Crippen LogP contribution is 2.31. The van der Waals surface area contributed by atoms with Gasteiger partial charge in [-0.1, -0.05) is 6.07 Å². The first-order chi connectivity index (χ1) is 14.1. The van der Waals surface area contributed by atoms with E-state index in [9.17, 15) is 14.9 Å². The van der Waals surface area contributed by atoms with Crippen molar-refractivity contribution in [3.05, 3.63) is 76.2 Å². The van der Waals surface area contributed by atoms with Gasteiger partial charge < -0.3 is 10.2 Å². The molecule has 0 spiro atoms. The summed E-state index contributed by atoms with van der Waals surface area (Å²) >= 11 is 0. The number of nitrogens with one attached hydrogen (secondary N) is 1. The zero-order valence-electron chi connectivity index (χ0n) is 15.7. The first-order valence-electron chi connectivity index (χ1n) is 9.39. The van der Waals surface area contributed by atoms with Gasteiger partial charge in [-0.15, -0.1) is 0 Å². The molecule has 3 aromatic rings. The molecule has 0 aliphatic carbocycles. The normalized spacial score (nSPS) is 13.4. The van der Waals surface area contributed by atoms with Gasteiger partial charge in [-0.05, 0) is 37.1 Å². The lowest BCUT2D eigenvalue weighted by molar-refractivity contribution is -0.384. The van der Waals surface area contributed by atoms with Crippen LogP contribution < -0.4 is 10.2 Å². The molecule has 148 valence electrons. The SMILES string of the molecule is O=C(NCc1cccnc1-n1cccn1)c1ccc(N2CCCC2)c([N+](=O)[O-])c1. The molecule has 1 N–H and O–H groups in total. The van der Waals surface area contributed by atoms with E-state index in [0.717, 1.165) is 31.5 Å². The smallest absolute Gasteiger partial charge is 0.293 e. The lowest BCUT2D eigenvalue weighted by atomic mass is 10.1. The summed E-state index contributed by atoms with van der Waals surface area (Å²) in [4.78, 5) is 30.1. The van der Waals surface area contributed by atoms with Crippen LogP contribution in [0, 0.1) is 10.1 Å². The van der Waals surface area contributed by atoms with Gasteiger partial charge in [0, 0.05) is 55.4 Å². The van der Waals surface area contributed by atoms with E-state index in [1.54, 1.807) is 47.5 Å². The Bertz CT molecular complexity index is 1030. The van der Waals surface area contributed by atoms with E-state index in [0.29, 0.717) is 11.5 Å². The number of anilines is 1. The molecule has 4 rings (SSSR count). The Morgan fingerprint density at radius 2 is 2.00 bits per heavy atom. The van der Waals surface area contributed by atoms with Crippen molar-refractivity contribution >= 4 is 17.3 Å². The van der Waals surface area contributed by atoms with E-state index in [1.807, 2.05) is 11.0 Å². The van der Waals surface area contributed by atoms with Gasteiger partial charge in [-0.25, -0.2) is 9.67 Å². The van der Waals surface area contributed by atoms with Crippen LogP contribution in [0.25, 0.3) is 5.82 Å². The molecule has 0 bridgehead atoms. The van der Waals surface area contributed by atoms with Crippen LogP contribution in [0.2, 0.25) is 0 Å². The third-order valence-corrected chi connectivity index (χ3v) is 4.91. The van der Waals surface area contributed by atoms with Crippen molar-refractivity contribution in [3.63, 3.8) is 0 Å². The molecule has 0 radical (unpaired) electrons. The van der Waals surface area contributed by atoms with Gasteiger partial charge in [-0.3, -0.25) is 14.9 Å². The van der Waals surface area contributed by atoms with Crippen molar-refractivity contribution < 1.29 is 9.72 Å². The van der Waals surface area contributed by atoms with Gasteiger partial charge in [0.25, 0.3) is 11.6 Å². The summed E-state index contributed by atoms with van der Waals surface area (Å²) in [5.41, 5.74) is 1.56. The van der Waals surface area contributed by atoms with Crippen LogP contribution in [0.3, 0.4) is 0 Å². The van der Waals surface area contributed by atoms with Crippen molar-refractivity contribution in [2.45, 2.75) is 19.4 Å². The third-order valence-electron chi connectivity index (χ3n) is 4.91. The van der Waals surface area contributed by atoms with Crippen molar-refractivity contribution in [2.24, 2.45) is 0 Å². The van der Waals surface area contributed by atoms with Crippen LogP contribution in [0.1, 0.15) is 28.8 Å². The number of benzene rings is 1. The quantitative estimate of drug-likeness (QED) is 0.511. The molecule has 3 heterocycles. The lowest BCUT2D eigenvalue weighted by Crippen LogP contribution is -2.24. The van der Waals surface area contributed by atoms with Crippen LogP contribution in [-0.2, 0) is 6.54 Å². The average molecular weight is 392 g/mol. The molecule has 2 aromatic heterocycles. The molecule has 0 unspecified atom stereocenters. The number of amides is 1. The molecule has 1 aliphatic rings. The predicted octanol–water partition coefficient (Wildman–Crippen LogP) is 2.71. The summed E-state index contributed by atoms with van der Waals surface area (Å²) in [6.45, 7) is 1.82. The topological polar surface area (TPSA) is 106 Å². The van der Waals surface area contributed by atoms with Gasteiger partial charge in [-0.2, -0.15) is 5.10 Å². The van der Waals surface area contributed by atoms with Gasteiger partial charge in [0.15, 0.2) is 5.82 Å². The summed E-state index contributed by atoms with van der Waals surface area (Å²) in [6.07, 6.45) is 7.11. The third kappa shape index (κ3) is 3.93. The van der Waals surface area contributed by atoms with E-state index in [4.69, 9.17) is 0 Å². The van der Waals surface area contributed by atoms with Crippen molar-refractivity contribution in [2.75, 3.05) is 18.0 Å². The van der Waals surface area contributed by atoms with Crippen LogP contribution in [0.4, 0.5) is 11.4 Å². The Labute approximate surface area is 167 Å². The van der Waals surface area contributed by atoms with E-state index < -0.39 is 4.92 Å². The number of nitro benzene ring substituents is 1. The zero-order valence-corrected chi connectivity index (χ0v) is 15.7. The fraction of sp³-hybridized carbons (Fsp3) is 0.250. The maximum Gasteiger partial charge on any atom is 0.293 e. The fourth-order valence-corrected chi connectivity index (χ4v) is 3.48. The number of carbonyl (C=O) groups excluding carboxylic acids is 1. The number of carbonyl (C=O) groups is 1. The van der Waals surface area contributed by atoms with E-state index in [-0.39, 0.29) is 23.7 Å². The molecule has 1 amide bonds. The highest BCUT2D eigenvalue weighted by molar-refractivity contribution is 5.95. The average Bonchev–Trinajstić information content (AvgIpc) is 3.46. The minimum absolute atomic E-state index is 0.0434. The zero-order chi connectivity index (χ0) is 20.2. The Balaban J connectivity index is 1.52. The fourth-order valence-electron chi connectivity index (χ4n) is 3.48. The van der Waals surface area contributed by atoms with Crippen molar-refractivity contribution in [1.29, 1.82) is 0 Å². The lowest BCUT2D eigenvalue weighted by Gasteiger charge is -2.18. The summed E-state index contributed by atoms with van der Waals surface area (Å²) in [5.74, 6) is 0.240. The van der Waals surface area contributed by atoms with E-state index >= 15 is 0 Å². The van der Waals surface area contributed by atoms with Crippen LogP contribution in [-0.4, -0.2) is 38.7 Å². The predicted molar refractivity (Wildman–Crippen MR) is 107 cm³/mol. The Morgan fingerprint density at radius 3 is 2.72 bits per heavy atom. The molecule has 9 heteroatoms. The molecule has 9 nitrogen and oxygen atoms in total. The molecule has 1 aliphatic heterocycles. The molecule has 1 fully saturated rings. The van der Waals surface area contributed by atoms with Gasteiger partial charge in [0.05, 0.1) is 4.92 Å². The highest BCUT2D eigenvalue weighted by atomic mass is 16.6. The number of nitrogens with zero attached hydrogens (tertiary/aromatic N) is 5. The molecule has 0 atom stereocenters. The number of hydrogen-bond donors (Lipinski definition) is 1. The minimum atomic E-state index is -0.429. The molecular formula is C20H20N6O3. The monoisotopic (exact) mass is 392 g/mol. The van der Waals surface area contributed by atoms with Gasteiger partial charge >= 0.3 is 0 Å². The molecule has 1 saturated heterocycles. The van der Waals surface area contributed by atoms with Gasteiger partial charge in [0.1, 0.15) is 5.69 Å². The van der Waals surface area contributed by atoms with E-state index in [2.05, 4.69) is 15.4 Å². The number of nitro groups is 1. The van der Waals surface area contributed by atoms with Crippen LogP contribution in [0.15, 0.2) is 55.0 Å². The number of hydrogen-bond acceptors (Lipinski definition) is 6. The largest absolute Gasteiger partial charge is 0.366 e. The minimum Gasteiger partial charge on any atom is -0.366 e. The summed E-state index contributed by atoms with van der Waals surface area (Å²) < 4.78 is 1.62. The van der Waals surface area contributed by atoms with Gasteiger partial charge in [0.2, 0.25) is 0 Å². The van der Waals surface area contributed by atoms with Crippen molar-refractivity contribution in [1.82, 2.24) is 20.1 Å². The second kappa shape index (κ2) is 8.09. The molecule has 0 saturated carbocycles. The first-order valence-corrected chi connectivity index (χ1v) is 9.39. The van der Waals surface area contributed by atoms with E-state index in [1.165, 1.54) is 6.07 Å². The maximum atomic E-state index is 12.6. The van der Waals surface area contributed by atoms with Crippen molar-refractivity contribution in [3.8, 4) is 5.82 Å². The summed E-state index contributed by atoms with van der Waals surface area (Å²) in [6, 6.07) is 10.1. The second-order valence-corrected chi connectivity index (χ2v) is 6.77. The maximum absolute atomic E-state index is 12.6. The standard InChI is InChI=1S/C20H20N6O3/c27-20(22-14-16-5-3-8-21-19(16)25-12-4-9-23-25)15-6-7-17(18(13-15)26(28)29)24-10-1-2-11-24/h3-9,12-13H,1-2,10-11,14H2,(H,22,27). The Hall–Kier alpha value is -3.75.